The Labute approximate surface area is 235 Å². The lowest BCUT2D eigenvalue weighted by Gasteiger charge is -2.32. The van der Waals surface area contributed by atoms with E-state index in [1.807, 2.05) is 54.8 Å². The van der Waals surface area contributed by atoms with Crippen LogP contribution in [0.3, 0.4) is 0 Å². The number of rotatable bonds is 7. The summed E-state index contributed by atoms with van der Waals surface area (Å²) in [4.78, 5) is 26.7. The lowest BCUT2D eigenvalue weighted by molar-refractivity contribution is 0.102. The molecule has 0 atom stereocenters. The Kier molecular flexibility index (Phi) is 8.14. The van der Waals surface area contributed by atoms with Crippen LogP contribution in [0, 0.1) is 10.5 Å². The van der Waals surface area contributed by atoms with E-state index < -0.39 is 0 Å². The van der Waals surface area contributed by atoms with Crippen LogP contribution in [0.25, 0.3) is 11.3 Å². The first-order chi connectivity index (χ1) is 17.9. The molecular formula is C28H29IN6OS. The lowest BCUT2D eigenvalue weighted by Crippen LogP contribution is -2.44. The number of aryl methyl sites for hydroxylation is 1. The maximum absolute atomic E-state index is 13.1. The zero-order valence-corrected chi connectivity index (χ0v) is 23.8. The van der Waals surface area contributed by atoms with Gasteiger partial charge in [0.05, 0.1) is 5.69 Å². The fourth-order valence-electron chi connectivity index (χ4n) is 4.20. The van der Waals surface area contributed by atoms with Crippen molar-refractivity contribution in [3.63, 3.8) is 0 Å². The predicted molar refractivity (Wildman–Crippen MR) is 160 cm³/mol. The summed E-state index contributed by atoms with van der Waals surface area (Å²) in [6.45, 7) is 7.29. The molecule has 37 heavy (non-hydrogen) atoms. The summed E-state index contributed by atoms with van der Waals surface area (Å²) in [7, 11) is 2.17. The molecule has 5 rings (SSSR count). The number of benzene rings is 2. The number of thiazole rings is 1. The van der Waals surface area contributed by atoms with Crippen molar-refractivity contribution in [3.05, 3.63) is 86.6 Å². The van der Waals surface area contributed by atoms with Crippen LogP contribution in [0.1, 0.15) is 21.5 Å². The molecule has 7 nitrogen and oxygen atoms in total. The number of aromatic nitrogens is 2. The molecule has 2 aromatic heterocycles. The number of likely N-dealkylation sites (N-methyl/N-ethyl adjacent to an activating group) is 1. The van der Waals surface area contributed by atoms with E-state index in [1.165, 1.54) is 5.56 Å². The molecule has 1 aliphatic heterocycles. The van der Waals surface area contributed by atoms with Crippen LogP contribution in [-0.2, 0) is 6.54 Å². The van der Waals surface area contributed by atoms with Crippen molar-refractivity contribution in [2.45, 2.75) is 13.5 Å². The molecule has 2 N–H and O–H groups in total. The van der Waals surface area contributed by atoms with Gasteiger partial charge in [-0.1, -0.05) is 12.1 Å². The highest BCUT2D eigenvalue weighted by molar-refractivity contribution is 14.1. The quantitative estimate of drug-likeness (QED) is 0.251. The van der Waals surface area contributed by atoms with E-state index in [1.54, 1.807) is 23.7 Å². The van der Waals surface area contributed by atoms with E-state index in [9.17, 15) is 4.79 Å². The van der Waals surface area contributed by atoms with Crippen LogP contribution in [0.4, 0.5) is 16.5 Å². The monoisotopic (exact) mass is 624 g/mol. The van der Waals surface area contributed by atoms with Crippen molar-refractivity contribution in [1.29, 1.82) is 0 Å². The van der Waals surface area contributed by atoms with Gasteiger partial charge < -0.3 is 15.5 Å². The molecule has 0 unspecified atom stereocenters. The summed E-state index contributed by atoms with van der Waals surface area (Å²) >= 11 is 3.89. The van der Waals surface area contributed by atoms with Gasteiger partial charge in [0, 0.05) is 76.6 Å². The van der Waals surface area contributed by atoms with Crippen LogP contribution < -0.4 is 10.6 Å². The van der Waals surface area contributed by atoms with Gasteiger partial charge in [-0.15, -0.1) is 11.3 Å². The minimum Gasteiger partial charge on any atom is -0.331 e. The van der Waals surface area contributed by atoms with Gasteiger partial charge in [-0.3, -0.25) is 14.7 Å². The summed E-state index contributed by atoms with van der Waals surface area (Å²) in [6.07, 6.45) is 3.53. The first-order valence-electron chi connectivity index (χ1n) is 12.2. The van der Waals surface area contributed by atoms with Gasteiger partial charge >= 0.3 is 0 Å². The number of anilines is 3. The van der Waals surface area contributed by atoms with Gasteiger partial charge in [-0.25, -0.2) is 4.98 Å². The molecule has 190 valence electrons. The molecule has 4 aromatic rings. The molecule has 0 bridgehead atoms. The normalized spacial score (nSPS) is 14.5. The Balaban J connectivity index is 1.24. The first kappa shape index (κ1) is 25.8. The molecule has 0 radical (unpaired) electrons. The van der Waals surface area contributed by atoms with Crippen molar-refractivity contribution >= 4 is 56.3 Å². The molecule has 1 aliphatic rings. The summed E-state index contributed by atoms with van der Waals surface area (Å²) in [5.74, 6) is -0.118. The molecule has 1 fully saturated rings. The predicted octanol–water partition coefficient (Wildman–Crippen LogP) is 5.86. The van der Waals surface area contributed by atoms with Crippen LogP contribution in [-0.4, -0.2) is 58.9 Å². The minimum absolute atomic E-state index is 0.118. The molecule has 3 heterocycles. The fraction of sp³-hybridized carbons (Fsp3) is 0.250. The largest absolute Gasteiger partial charge is 0.331 e. The first-order valence-corrected chi connectivity index (χ1v) is 14.1. The highest BCUT2D eigenvalue weighted by Gasteiger charge is 2.16. The maximum Gasteiger partial charge on any atom is 0.255 e. The van der Waals surface area contributed by atoms with Gasteiger partial charge in [0.15, 0.2) is 5.13 Å². The van der Waals surface area contributed by atoms with E-state index in [0.29, 0.717) is 5.56 Å². The van der Waals surface area contributed by atoms with Gasteiger partial charge in [0.2, 0.25) is 0 Å². The maximum atomic E-state index is 13.1. The topological polar surface area (TPSA) is 73.4 Å². The molecule has 0 saturated carbocycles. The van der Waals surface area contributed by atoms with Crippen molar-refractivity contribution in [3.8, 4) is 11.3 Å². The van der Waals surface area contributed by atoms with Crippen molar-refractivity contribution in [2.75, 3.05) is 43.9 Å². The third-order valence-electron chi connectivity index (χ3n) is 6.52. The van der Waals surface area contributed by atoms with E-state index in [0.717, 1.165) is 69.6 Å². The van der Waals surface area contributed by atoms with E-state index >= 15 is 0 Å². The van der Waals surface area contributed by atoms with Crippen LogP contribution in [0.5, 0.6) is 0 Å². The molecule has 1 amide bonds. The van der Waals surface area contributed by atoms with Gasteiger partial charge in [-0.2, -0.15) is 0 Å². The number of carbonyl (C=O) groups is 1. The number of piperazine rings is 1. The SMILES string of the molecule is Cc1ccc(NC(=O)c2ccc(CN3CCN(C)CC3)c(I)c2)cc1Nc1nc(-c2ccncc2)cs1. The van der Waals surface area contributed by atoms with Crippen molar-refractivity contribution in [2.24, 2.45) is 0 Å². The second-order valence-electron chi connectivity index (χ2n) is 9.27. The van der Waals surface area contributed by atoms with Gasteiger partial charge in [0.1, 0.15) is 0 Å². The summed E-state index contributed by atoms with van der Waals surface area (Å²) < 4.78 is 1.12. The fourth-order valence-corrected chi connectivity index (χ4v) is 5.62. The van der Waals surface area contributed by atoms with Crippen molar-refractivity contribution < 1.29 is 4.79 Å². The number of amides is 1. The second kappa shape index (κ2) is 11.7. The zero-order valence-electron chi connectivity index (χ0n) is 20.9. The molecule has 2 aromatic carbocycles. The van der Waals surface area contributed by atoms with Crippen LogP contribution in [0.2, 0.25) is 0 Å². The average Bonchev–Trinajstić information content (AvgIpc) is 3.37. The highest BCUT2D eigenvalue weighted by Crippen LogP contribution is 2.29. The van der Waals surface area contributed by atoms with Crippen LogP contribution >= 0.6 is 33.9 Å². The van der Waals surface area contributed by atoms with E-state index in [4.69, 9.17) is 4.98 Å². The number of nitrogens with zero attached hydrogens (tertiary/aromatic N) is 4. The standard InChI is InChI=1S/C28H29IN6OS/c1-19-3-6-23(16-25(19)32-28-33-26(18-37-28)20-7-9-30-10-8-20)31-27(36)21-4-5-22(24(29)15-21)17-35-13-11-34(2)12-14-35/h3-10,15-16,18H,11-14,17H2,1-2H3,(H,31,36)(H,32,33). The Morgan fingerprint density at radius 1 is 1.05 bits per heavy atom. The number of halogens is 1. The molecule has 0 aliphatic carbocycles. The Morgan fingerprint density at radius 3 is 2.59 bits per heavy atom. The second-order valence-corrected chi connectivity index (χ2v) is 11.3. The van der Waals surface area contributed by atoms with Crippen molar-refractivity contribution in [1.82, 2.24) is 19.8 Å². The third-order valence-corrected chi connectivity index (χ3v) is 8.28. The smallest absolute Gasteiger partial charge is 0.255 e. The highest BCUT2D eigenvalue weighted by atomic mass is 127. The number of nitrogens with one attached hydrogen (secondary N) is 2. The average molecular weight is 625 g/mol. The van der Waals surface area contributed by atoms with Gasteiger partial charge in [-0.05, 0) is 84.1 Å². The Hall–Kier alpha value is -2.86. The molecule has 1 saturated heterocycles. The Bertz CT molecular complexity index is 1380. The zero-order chi connectivity index (χ0) is 25.8. The number of hydrogen-bond donors (Lipinski definition) is 2. The molecule has 0 spiro atoms. The number of hydrogen-bond acceptors (Lipinski definition) is 7. The summed E-state index contributed by atoms with van der Waals surface area (Å²) in [5, 5.41) is 9.28. The third kappa shape index (κ3) is 6.53. The Morgan fingerprint density at radius 2 is 1.84 bits per heavy atom. The summed E-state index contributed by atoms with van der Waals surface area (Å²) in [6, 6.07) is 15.7. The minimum atomic E-state index is -0.118. The molecular weight excluding hydrogens is 595 g/mol. The van der Waals surface area contributed by atoms with Gasteiger partial charge in [0.25, 0.3) is 5.91 Å². The number of pyridine rings is 1. The van der Waals surface area contributed by atoms with Crippen LogP contribution in [0.15, 0.2) is 66.3 Å². The molecule has 9 heteroatoms. The summed E-state index contributed by atoms with van der Waals surface area (Å²) in [5.41, 5.74) is 6.57. The van der Waals surface area contributed by atoms with E-state index in [2.05, 4.69) is 61.1 Å². The van der Waals surface area contributed by atoms with E-state index in [-0.39, 0.29) is 5.91 Å². The number of carbonyl (C=O) groups excluding carboxylic acids is 1. The lowest BCUT2D eigenvalue weighted by atomic mass is 10.1.